The molecule has 132 valence electrons. The first kappa shape index (κ1) is 14.3. The van der Waals surface area contributed by atoms with Gasteiger partial charge in [0.25, 0.3) is 5.91 Å². The van der Waals surface area contributed by atoms with Crippen molar-refractivity contribution in [2.24, 2.45) is 4.99 Å². The van der Waals surface area contributed by atoms with Gasteiger partial charge in [0, 0.05) is 30.4 Å². The Hall–Kier alpha value is -2.90. The topological polar surface area (TPSA) is 83.6 Å². The van der Waals surface area contributed by atoms with Gasteiger partial charge in [-0.05, 0) is 44.7 Å². The zero-order valence-electron chi connectivity index (χ0n) is 14.5. The van der Waals surface area contributed by atoms with Gasteiger partial charge in [0.2, 0.25) is 5.95 Å². The number of fused-ring (bicyclic) bond motifs is 5. The second kappa shape index (κ2) is 4.63. The van der Waals surface area contributed by atoms with E-state index in [1.54, 1.807) is 4.68 Å². The first-order chi connectivity index (χ1) is 12.6. The van der Waals surface area contributed by atoms with Gasteiger partial charge in [0.05, 0.1) is 0 Å². The van der Waals surface area contributed by atoms with Gasteiger partial charge < -0.3 is 4.90 Å². The van der Waals surface area contributed by atoms with E-state index in [2.05, 4.69) is 20.1 Å². The van der Waals surface area contributed by atoms with Crippen LogP contribution in [0.1, 0.15) is 49.0 Å². The molecular formula is C18H19N7O. The second-order valence-electron chi connectivity index (χ2n) is 7.69. The molecule has 1 N–H and O–H groups in total. The molecule has 0 radical (unpaired) electrons. The Morgan fingerprint density at radius 2 is 2.27 bits per heavy atom. The van der Waals surface area contributed by atoms with E-state index in [-0.39, 0.29) is 5.91 Å². The van der Waals surface area contributed by atoms with Gasteiger partial charge in [-0.1, -0.05) is 0 Å². The van der Waals surface area contributed by atoms with E-state index in [0.29, 0.717) is 23.2 Å². The molecule has 8 nitrogen and oxygen atoms in total. The van der Waals surface area contributed by atoms with Crippen LogP contribution in [0.4, 0.5) is 11.8 Å². The van der Waals surface area contributed by atoms with E-state index in [1.165, 1.54) is 12.8 Å². The molecule has 1 aliphatic carbocycles. The van der Waals surface area contributed by atoms with E-state index in [9.17, 15) is 4.79 Å². The molecule has 3 aliphatic rings. The van der Waals surface area contributed by atoms with Crippen molar-refractivity contribution in [1.82, 2.24) is 24.4 Å². The molecule has 1 atom stereocenters. The highest BCUT2D eigenvalue weighted by Gasteiger charge is 2.52. The van der Waals surface area contributed by atoms with Crippen molar-refractivity contribution in [3.63, 3.8) is 0 Å². The fourth-order valence-electron chi connectivity index (χ4n) is 4.29. The van der Waals surface area contributed by atoms with Crippen LogP contribution < -0.4 is 10.4 Å². The molecule has 6 rings (SSSR count). The Balaban J connectivity index is 1.58. The zero-order valence-corrected chi connectivity index (χ0v) is 14.5. The summed E-state index contributed by atoms with van der Waals surface area (Å²) in [5.74, 6) is 2.00. The number of carbonyl (C=O) groups is 1. The first-order valence-corrected chi connectivity index (χ1v) is 9.18. The average molecular weight is 349 g/mol. The minimum absolute atomic E-state index is 0.0843. The van der Waals surface area contributed by atoms with Crippen molar-refractivity contribution in [1.29, 1.82) is 0 Å². The molecule has 0 bridgehead atoms. The Morgan fingerprint density at radius 1 is 1.38 bits per heavy atom. The zero-order chi connectivity index (χ0) is 17.5. The van der Waals surface area contributed by atoms with Gasteiger partial charge in [-0.15, -0.1) is 0 Å². The largest absolute Gasteiger partial charge is 0.326 e. The highest BCUT2D eigenvalue weighted by atomic mass is 16.2. The molecule has 0 unspecified atom stereocenters. The highest BCUT2D eigenvalue weighted by Crippen LogP contribution is 2.40. The van der Waals surface area contributed by atoms with Crippen LogP contribution in [0.2, 0.25) is 0 Å². The maximum Gasteiger partial charge on any atom is 0.274 e. The lowest BCUT2D eigenvalue weighted by Gasteiger charge is -2.24. The maximum absolute atomic E-state index is 13.1. The average Bonchev–Trinajstić information content (AvgIpc) is 2.99. The summed E-state index contributed by atoms with van der Waals surface area (Å²) in [6, 6.07) is 5.86. The Bertz CT molecular complexity index is 1130. The summed E-state index contributed by atoms with van der Waals surface area (Å²) in [6.45, 7) is 2.86. The molecule has 2 fully saturated rings. The fourth-order valence-corrected chi connectivity index (χ4v) is 4.29. The molecule has 8 heteroatoms. The summed E-state index contributed by atoms with van der Waals surface area (Å²) in [4.78, 5) is 24.7. The van der Waals surface area contributed by atoms with Crippen LogP contribution in [0.5, 0.6) is 0 Å². The number of rotatable bonds is 2. The number of anilines is 1. The van der Waals surface area contributed by atoms with E-state index in [4.69, 9.17) is 4.98 Å². The molecule has 3 aromatic rings. The van der Waals surface area contributed by atoms with E-state index >= 15 is 0 Å². The maximum atomic E-state index is 13.1. The Kier molecular flexibility index (Phi) is 2.54. The molecule has 5 heterocycles. The second-order valence-corrected chi connectivity index (χ2v) is 7.69. The van der Waals surface area contributed by atoms with Crippen molar-refractivity contribution < 1.29 is 4.79 Å². The van der Waals surface area contributed by atoms with Crippen LogP contribution in [0.3, 0.4) is 0 Å². The minimum Gasteiger partial charge on any atom is -0.326 e. The molecular weight excluding hydrogens is 330 g/mol. The van der Waals surface area contributed by atoms with Crippen molar-refractivity contribution in [2.75, 3.05) is 11.4 Å². The van der Waals surface area contributed by atoms with E-state index < -0.39 is 5.54 Å². The van der Waals surface area contributed by atoms with Gasteiger partial charge in [-0.25, -0.2) is 9.51 Å². The van der Waals surface area contributed by atoms with Crippen molar-refractivity contribution in [3.05, 3.63) is 35.6 Å². The quantitative estimate of drug-likeness (QED) is 0.767. The SMILES string of the molecule is C[C@@]12CCCN1c1nc(=Nc3cc(C4CC4)[nH]n3)c3cccn3n1C2=O. The molecule has 26 heavy (non-hydrogen) atoms. The summed E-state index contributed by atoms with van der Waals surface area (Å²) in [5.41, 5.74) is 2.05. The summed E-state index contributed by atoms with van der Waals surface area (Å²) in [7, 11) is 0. The normalized spacial score (nSPS) is 25.3. The Morgan fingerprint density at radius 3 is 3.12 bits per heavy atom. The molecule has 1 saturated carbocycles. The third-order valence-electron chi connectivity index (χ3n) is 5.93. The van der Waals surface area contributed by atoms with Crippen LogP contribution in [-0.4, -0.2) is 42.4 Å². The number of hydrogen-bond donors (Lipinski definition) is 1. The van der Waals surface area contributed by atoms with Crippen molar-refractivity contribution >= 4 is 23.2 Å². The molecule has 3 aromatic heterocycles. The lowest BCUT2D eigenvalue weighted by molar-refractivity contribution is 0.0828. The van der Waals surface area contributed by atoms with Crippen LogP contribution in [0.15, 0.2) is 29.4 Å². The van der Waals surface area contributed by atoms with Gasteiger partial charge in [0.15, 0.2) is 11.3 Å². The van der Waals surface area contributed by atoms with Crippen LogP contribution in [0, 0.1) is 0 Å². The molecule has 2 aliphatic heterocycles. The fraction of sp³-hybridized carbons (Fsp3) is 0.444. The molecule has 1 saturated heterocycles. The molecule has 0 amide bonds. The number of carbonyl (C=O) groups excluding carboxylic acids is 1. The smallest absolute Gasteiger partial charge is 0.274 e. The lowest BCUT2D eigenvalue weighted by Crippen LogP contribution is -2.43. The first-order valence-electron chi connectivity index (χ1n) is 9.18. The van der Waals surface area contributed by atoms with E-state index in [1.807, 2.05) is 35.8 Å². The van der Waals surface area contributed by atoms with E-state index in [0.717, 1.165) is 30.6 Å². The molecule has 0 spiro atoms. The van der Waals surface area contributed by atoms with Crippen LogP contribution in [0.25, 0.3) is 5.52 Å². The number of aromatic nitrogens is 5. The number of hydrogen-bond acceptors (Lipinski definition) is 5. The molecule has 0 aromatic carbocycles. The van der Waals surface area contributed by atoms with Gasteiger partial charge >= 0.3 is 0 Å². The predicted octanol–water partition coefficient (Wildman–Crippen LogP) is 1.98. The number of nitrogens with one attached hydrogen (secondary N) is 1. The van der Waals surface area contributed by atoms with Crippen LogP contribution in [-0.2, 0) is 0 Å². The van der Waals surface area contributed by atoms with Gasteiger partial charge in [-0.2, -0.15) is 14.8 Å². The third-order valence-corrected chi connectivity index (χ3v) is 5.93. The monoisotopic (exact) mass is 349 g/mol. The van der Waals surface area contributed by atoms with Gasteiger partial charge in [0.1, 0.15) is 11.1 Å². The summed E-state index contributed by atoms with van der Waals surface area (Å²) >= 11 is 0. The summed E-state index contributed by atoms with van der Waals surface area (Å²) in [5, 5.41) is 7.41. The van der Waals surface area contributed by atoms with Gasteiger partial charge in [-0.3, -0.25) is 9.89 Å². The summed E-state index contributed by atoms with van der Waals surface area (Å²) in [6.07, 6.45) is 6.18. The van der Waals surface area contributed by atoms with Crippen LogP contribution >= 0.6 is 0 Å². The summed E-state index contributed by atoms with van der Waals surface area (Å²) < 4.78 is 3.55. The number of H-pyrrole nitrogens is 1. The number of nitrogens with zero attached hydrogens (tertiary/aromatic N) is 6. The van der Waals surface area contributed by atoms with Crippen molar-refractivity contribution in [2.45, 2.75) is 44.1 Å². The predicted molar refractivity (Wildman–Crippen MR) is 94.6 cm³/mol. The minimum atomic E-state index is -0.499. The standard InChI is InChI=1S/C18H19N7O/c1-18-7-3-8-23(18)17-20-15(13-4-2-9-24(13)25(17)16(18)26)19-14-10-12(21-22-14)11-5-6-11/h2,4,9-11H,3,5-8H2,1H3,(H,21,22)/t18-/m0/s1. The third kappa shape index (κ3) is 1.73. The highest BCUT2D eigenvalue weighted by molar-refractivity contribution is 5.97. The number of aromatic amines is 1. The lowest BCUT2D eigenvalue weighted by atomic mass is 10.00. The van der Waals surface area contributed by atoms with Crippen molar-refractivity contribution in [3.8, 4) is 0 Å². The Labute approximate surface area is 149 Å².